The van der Waals surface area contributed by atoms with Crippen molar-refractivity contribution in [1.29, 1.82) is 0 Å². The van der Waals surface area contributed by atoms with Gasteiger partial charge in [-0.1, -0.05) is 6.07 Å². The van der Waals surface area contributed by atoms with Gasteiger partial charge in [-0.25, -0.2) is 0 Å². The van der Waals surface area contributed by atoms with Crippen LogP contribution in [0.25, 0.3) is 0 Å². The lowest BCUT2D eigenvalue weighted by atomic mass is 10.2. The lowest BCUT2D eigenvalue weighted by Crippen LogP contribution is -2.12. The number of anilines is 1. The Morgan fingerprint density at radius 3 is 2.57 bits per heavy atom. The van der Waals surface area contributed by atoms with Crippen LogP contribution in [0.2, 0.25) is 0 Å². The summed E-state index contributed by atoms with van der Waals surface area (Å²) in [7, 11) is 1.56. The van der Waals surface area contributed by atoms with Gasteiger partial charge in [0, 0.05) is 6.07 Å². The van der Waals surface area contributed by atoms with Crippen molar-refractivity contribution in [1.82, 2.24) is 0 Å². The number of hydrogen-bond acceptors (Lipinski definition) is 7. The minimum absolute atomic E-state index is 0.00225. The van der Waals surface area contributed by atoms with Gasteiger partial charge >= 0.3 is 0 Å². The van der Waals surface area contributed by atoms with Crippen molar-refractivity contribution >= 4 is 17.3 Å². The highest BCUT2D eigenvalue weighted by atomic mass is 16.6. The first-order chi connectivity index (χ1) is 14.5. The maximum atomic E-state index is 12.5. The first kappa shape index (κ1) is 20.7. The van der Waals surface area contributed by atoms with Gasteiger partial charge < -0.3 is 23.9 Å². The topological polar surface area (TPSA) is 113 Å². The van der Waals surface area contributed by atoms with E-state index in [4.69, 9.17) is 18.6 Å². The van der Waals surface area contributed by atoms with Crippen molar-refractivity contribution in [2.24, 2.45) is 0 Å². The fourth-order valence-corrected chi connectivity index (χ4v) is 2.63. The second kappa shape index (κ2) is 9.46. The fourth-order valence-electron chi connectivity index (χ4n) is 2.63. The van der Waals surface area contributed by atoms with Crippen LogP contribution in [0.5, 0.6) is 17.2 Å². The number of hydrogen-bond donors (Lipinski definition) is 1. The van der Waals surface area contributed by atoms with Crippen LogP contribution < -0.4 is 19.5 Å². The molecule has 156 valence electrons. The fraction of sp³-hybridized carbons (Fsp3) is 0.190. The number of amides is 1. The van der Waals surface area contributed by atoms with Crippen LogP contribution in [0.4, 0.5) is 11.4 Å². The number of ether oxygens (including phenoxy) is 3. The van der Waals surface area contributed by atoms with Crippen LogP contribution in [-0.4, -0.2) is 24.5 Å². The molecule has 30 heavy (non-hydrogen) atoms. The van der Waals surface area contributed by atoms with Crippen molar-refractivity contribution in [3.63, 3.8) is 0 Å². The van der Waals surface area contributed by atoms with E-state index in [2.05, 4.69) is 5.32 Å². The Kier molecular flexibility index (Phi) is 6.53. The molecule has 3 rings (SSSR count). The van der Waals surface area contributed by atoms with Crippen molar-refractivity contribution in [3.8, 4) is 17.2 Å². The summed E-state index contributed by atoms with van der Waals surface area (Å²) in [4.78, 5) is 23.2. The Labute approximate surface area is 172 Å². The minimum atomic E-state index is -0.616. The monoisotopic (exact) mass is 412 g/mol. The average molecular weight is 412 g/mol. The first-order valence-corrected chi connectivity index (χ1v) is 9.08. The van der Waals surface area contributed by atoms with Crippen LogP contribution >= 0.6 is 0 Å². The number of furan rings is 1. The molecule has 1 aromatic heterocycles. The smallest absolute Gasteiger partial charge is 0.296 e. The molecule has 0 aliphatic rings. The molecule has 1 amide bonds. The van der Waals surface area contributed by atoms with Crippen LogP contribution in [-0.2, 0) is 6.61 Å². The number of nitro groups is 1. The summed E-state index contributed by atoms with van der Waals surface area (Å²) in [5, 5.41) is 13.8. The van der Waals surface area contributed by atoms with E-state index < -0.39 is 10.8 Å². The van der Waals surface area contributed by atoms with Crippen molar-refractivity contribution in [2.75, 3.05) is 19.0 Å². The number of benzene rings is 2. The zero-order valence-electron chi connectivity index (χ0n) is 16.4. The first-order valence-electron chi connectivity index (χ1n) is 9.08. The number of rotatable bonds is 9. The van der Waals surface area contributed by atoms with Gasteiger partial charge in [-0.3, -0.25) is 14.9 Å². The maximum absolute atomic E-state index is 12.5. The molecule has 0 saturated heterocycles. The van der Waals surface area contributed by atoms with Crippen molar-refractivity contribution in [3.05, 3.63) is 76.2 Å². The number of nitrogens with zero attached hydrogens (tertiary/aromatic N) is 1. The van der Waals surface area contributed by atoms with Gasteiger partial charge in [0.15, 0.2) is 5.76 Å². The van der Waals surface area contributed by atoms with Crippen LogP contribution in [0.1, 0.15) is 23.2 Å². The minimum Gasteiger partial charge on any atom is -0.497 e. The Bertz CT molecular complexity index is 1050. The highest BCUT2D eigenvalue weighted by Gasteiger charge is 2.20. The van der Waals surface area contributed by atoms with Crippen molar-refractivity contribution in [2.45, 2.75) is 13.5 Å². The zero-order valence-corrected chi connectivity index (χ0v) is 16.4. The summed E-state index contributed by atoms with van der Waals surface area (Å²) >= 11 is 0. The van der Waals surface area contributed by atoms with Crippen LogP contribution in [0.3, 0.4) is 0 Å². The molecule has 0 aliphatic heterocycles. The van der Waals surface area contributed by atoms with E-state index in [0.29, 0.717) is 29.6 Å². The molecule has 0 atom stereocenters. The molecule has 9 nitrogen and oxygen atoms in total. The summed E-state index contributed by atoms with van der Waals surface area (Å²) in [5.74, 6) is 1.39. The lowest BCUT2D eigenvalue weighted by Gasteiger charge is -2.07. The van der Waals surface area contributed by atoms with Gasteiger partial charge in [0.1, 0.15) is 35.3 Å². The van der Waals surface area contributed by atoms with E-state index in [1.54, 1.807) is 50.4 Å². The van der Waals surface area contributed by atoms with E-state index in [-0.39, 0.29) is 23.7 Å². The molecule has 1 N–H and O–H groups in total. The van der Waals surface area contributed by atoms with E-state index in [1.165, 1.54) is 18.2 Å². The molecule has 0 radical (unpaired) electrons. The second-order valence-corrected chi connectivity index (χ2v) is 6.06. The summed E-state index contributed by atoms with van der Waals surface area (Å²) in [6.45, 7) is 2.24. The molecule has 0 bridgehead atoms. The third-order valence-corrected chi connectivity index (χ3v) is 4.03. The Morgan fingerprint density at radius 1 is 1.07 bits per heavy atom. The van der Waals surface area contributed by atoms with Crippen LogP contribution in [0, 0.1) is 10.1 Å². The molecule has 0 unspecified atom stereocenters. The Hall–Kier alpha value is -4.01. The van der Waals surface area contributed by atoms with Gasteiger partial charge in [0.25, 0.3) is 11.6 Å². The van der Waals surface area contributed by atoms with E-state index in [0.717, 1.165) is 0 Å². The van der Waals surface area contributed by atoms with Gasteiger partial charge in [0.05, 0.1) is 24.7 Å². The van der Waals surface area contributed by atoms with E-state index >= 15 is 0 Å². The van der Waals surface area contributed by atoms with Crippen molar-refractivity contribution < 1.29 is 28.3 Å². The third kappa shape index (κ3) is 5.07. The highest BCUT2D eigenvalue weighted by Crippen LogP contribution is 2.29. The number of nitro benzene ring substituents is 1. The summed E-state index contributed by atoms with van der Waals surface area (Å²) in [6, 6.07) is 14.4. The summed E-state index contributed by atoms with van der Waals surface area (Å²) in [5.41, 5.74) is -0.235. The van der Waals surface area contributed by atoms with Gasteiger partial charge in [0.2, 0.25) is 0 Å². The quantitative estimate of drug-likeness (QED) is 0.409. The molecule has 0 aliphatic carbocycles. The molecule has 2 aromatic carbocycles. The SMILES string of the molecule is CCOc1ccc(NC(=O)c2ccc(COc3cccc(OC)c3)o2)c([N+](=O)[O-])c1. The largest absolute Gasteiger partial charge is 0.497 e. The molecular formula is C21H20N2O7. The zero-order chi connectivity index (χ0) is 21.5. The second-order valence-electron chi connectivity index (χ2n) is 6.06. The summed E-state index contributed by atoms with van der Waals surface area (Å²) < 4.78 is 21.5. The molecule has 9 heteroatoms. The Balaban J connectivity index is 1.67. The van der Waals surface area contributed by atoms with Gasteiger partial charge in [-0.05, 0) is 43.3 Å². The maximum Gasteiger partial charge on any atom is 0.296 e. The molecule has 3 aromatic rings. The number of carbonyl (C=O) groups is 1. The average Bonchev–Trinajstić information content (AvgIpc) is 3.23. The number of carbonyl (C=O) groups excluding carboxylic acids is 1. The normalized spacial score (nSPS) is 10.3. The molecular weight excluding hydrogens is 392 g/mol. The third-order valence-electron chi connectivity index (χ3n) is 4.03. The van der Waals surface area contributed by atoms with Gasteiger partial charge in [-0.2, -0.15) is 0 Å². The van der Waals surface area contributed by atoms with Crippen LogP contribution in [0.15, 0.2) is 59.0 Å². The Morgan fingerprint density at radius 2 is 1.83 bits per heavy atom. The molecule has 0 fully saturated rings. The molecule has 0 saturated carbocycles. The lowest BCUT2D eigenvalue weighted by molar-refractivity contribution is -0.384. The number of nitrogens with one attached hydrogen (secondary N) is 1. The number of methoxy groups -OCH3 is 1. The summed E-state index contributed by atoms with van der Waals surface area (Å²) in [6.07, 6.45) is 0. The van der Waals surface area contributed by atoms with E-state index in [9.17, 15) is 14.9 Å². The predicted molar refractivity (Wildman–Crippen MR) is 108 cm³/mol. The van der Waals surface area contributed by atoms with Gasteiger partial charge in [-0.15, -0.1) is 0 Å². The standard InChI is InChI=1S/C21H20N2O7/c1-3-28-16-7-9-18(19(12-16)23(25)26)22-21(24)20-10-8-17(30-20)13-29-15-6-4-5-14(11-15)27-2/h4-12H,3,13H2,1-2H3,(H,22,24). The highest BCUT2D eigenvalue weighted by molar-refractivity contribution is 6.03. The molecule has 0 spiro atoms. The van der Waals surface area contributed by atoms with E-state index in [1.807, 2.05) is 0 Å². The molecule has 1 heterocycles. The predicted octanol–water partition coefficient (Wildman–Crippen LogP) is 4.43.